The zero-order valence-electron chi connectivity index (χ0n) is 16.3. The first kappa shape index (κ1) is 24.3. The van der Waals surface area contributed by atoms with Gasteiger partial charge in [-0.25, -0.2) is 10.2 Å². The Morgan fingerprint density at radius 1 is 1.23 bits per heavy atom. The minimum atomic E-state index is -0.488. The van der Waals surface area contributed by atoms with Crippen molar-refractivity contribution in [2.75, 3.05) is 26.1 Å². The Morgan fingerprint density at radius 2 is 1.97 bits per heavy atom. The average molecular weight is 563 g/mol. The third kappa shape index (κ3) is 8.04. The predicted octanol–water partition coefficient (Wildman–Crippen LogP) is 4.14. The average Bonchev–Trinajstić information content (AvgIpc) is 2.72. The summed E-state index contributed by atoms with van der Waals surface area (Å²) in [6.45, 7) is 2.04. The van der Waals surface area contributed by atoms with E-state index in [4.69, 9.17) is 21.1 Å². The van der Waals surface area contributed by atoms with Crippen molar-refractivity contribution in [1.82, 2.24) is 5.43 Å². The number of hydrogen-bond donors (Lipinski definition) is 1. The first-order chi connectivity index (χ1) is 14.4. The van der Waals surface area contributed by atoms with Crippen molar-refractivity contribution in [3.63, 3.8) is 0 Å². The Bertz CT molecular complexity index is 909. The number of hydrazone groups is 1. The highest BCUT2D eigenvalue weighted by molar-refractivity contribution is 14.1. The zero-order valence-corrected chi connectivity index (χ0v) is 20.0. The molecular formula is C20H20ClIN2O5S. The van der Waals surface area contributed by atoms with Gasteiger partial charge in [0.1, 0.15) is 0 Å². The van der Waals surface area contributed by atoms with Gasteiger partial charge in [-0.1, -0.05) is 11.6 Å². The van der Waals surface area contributed by atoms with Crippen LogP contribution >= 0.6 is 46.0 Å². The number of methoxy groups -OCH3 is 1. The fourth-order valence-corrected chi connectivity index (χ4v) is 3.74. The molecule has 0 radical (unpaired) electrons. The molecule has 0 atom stereocenters. The van der Waals surface area contributed by atoms with Gasteiger partial charge in [0.15, 0.2) is 18.1 Å². The van der Waals surface area contributed by atoms with Crippen LogP contribution in [0.5, 0.6) is 11.5 Å². The minimum absolute atomic E-state index is 0.221. The van der Waals surface area contributed by atoms with Crippen LogP contribution < -0.4 is 14.9 Å². The van der Waals surface area contributed by atoms with E-state index in [0.29, 0.717) is 28.7 Å². The molecule has 10 heteroatoms. The van der Waals surface area contributed by atoms with Crippen molar-refractivity contribution in [2.45, 2.75) is 11.8 Å². The number of thioether (sulfide) groups is 1. The molecule has 0 aliphatic rings. The van der Waals surface area contributed by atoms with Crippen LogP contribution in [0, 0.1) is 3.57 Å². The number of nitrogens with zero attached hydrogens (tertiary/aromatic N) is 1. The predicted molar refractivity (Wildman–Crippen MR) is 126 cm³/mol. The van der Waals surface area contributed by atoms with E-state index in [1.807, 2.05) is 19.1 Å². The highest BCUT2D eigenvalue weighted by atomic mass is 127. The van der Waals surface area contributed by atoms with Gasteiger partial charge in [-0.2, -0.15) is 5.10 Å². The molecular weight excluding hydrogens is 543 g/mol. The van der Waals surface area contributed by atoms with Crippen LogP contribution in [0.4, 0.5) is 0 Å². The van der Waals surface area contributed by atoms with Crippen molar-refractivity contribution in [3.8, 4) is 11.5 Å². The van der Waals surface area contributed by atoms with Crippen molar-refractivity contribution < 1.29 is 23.8 Å². The van der Waals surface area contributed by atoms with Gasteiger partial charge in [0.05, 0.1) is 29.3 Å². The molecule has 30 heavy (non-hydrogen) atoms. The van der Waals surface area contributed by atoms with E-state index in [-0.39, 0.29) is 18.3 Å². The molecule has 2 rings (SSSR count). The topological polar surface area (TPSA) is 86.2 Å². The normalized spacial score (nSPS) is 10.7. The number of carbonyl (C=O) groups excluding carboxylic acids is 2. The molecule has 1 amide bonds. The molecule has 2 aromatic rings. The Morgan fingerprint density at radius 3 is 2.63 bits per heavy atom. The molecule has 0 heterocycles. The summed E-state index contributed by atoms with van der Waals surface area (Å²) >= 11 is 9.31. The van der Waals surface area contributed by atoms with E-state index in [2.05, 4.69) is 37.9 Å². The maximum absolute atomic E-state index is 12.0. The van der Waals surface area contributed by atoms with Gasteiger partial charge in [0.25, 0.3) is 0 Å². The van der Waals surface area contributed by atoms with Crippen molar-refractivity contribution in [1.29, 1.82) is 0 Å². The number of halogens is 2. The smallest absolute Gasteiger partial charge is 0.343 e. The van der Waals surface area contributed by atoms with Crippen LogP contribution in [0.15, 0.2) is 46.4 Å². The van der Waals surface area contributed by atoms with E-state index in [0.717, 1.165) is 8.47 Å². The molecule has 0 bridgehead atoms. The molecule has 2 aromatic carbocycles. The van der Waals surface area contributed by atoms with E-state index < -0.39 is 5.97 Å². The maximum atomic E-state index is 12.0. The number of amides is 1. The van der Waals surface area contributed by atoms with Crippen LogP contribution in [0.1, 0.15) is 12.5 Å². The number of hydrogen-bond acceptors (Lipinski definition) is 7. The second-order valence-corrected chi connectivity index (χ2v) is 8.31. The van der Waals surface area contributed by atoms with E-state index in [1.165, 1.54) is 25.1 Å². The molecule has 0 saturated heterocycles. The van der Waals surface area contributed by atoms with E-state index in [9.17, 15) is 9.59 Å². The lowest BCUT2D eigenvalue weighted by molar-refractivity contribution is -0.143. The summed E-state index contributed by atoms with van der Waals surface area (Å²) < 4.78 is 16.4. The van der Waals surface area contributed by atoms with Gasteiger partial charge in [-0.3, -0.25) is 4.79 Å². The second-order valence-electron chi connectivity index (χ2n) is 5.66. The van der Waals surface area contributed by atoms with E-state index in [1.54, 1.807) is 24.3 Å². The standard InChI is InChI=1S/C20H20ClIN2O5S/c1-3-28-17-9-13(8-16(22)20(17)29-11-19(26)27-2)10-23-24-18(25)12-30-15-6-4-14(21)5-7-15/h4-10H,3,11-12H2,1-2H3,(H,24,25)/b23-10-. The summed E-state index contributed by atoms with van der Waals surface area (Å²) in [6, 6.07) is 10.8. The van der Waals surface area contributed by atoms with Crippen molar-refractivity contribution in [3.05, 3.63) is 50.6 Å². The third-order valence-corrected chi connectivity index (χ3v) is 5.55. The highest BCUT2D eigenvalue weighted by Crippen LogP contribution is 2.34. The first-order valence-electron chi connectivity index (χ1n) is 8.79. The SMILES string of the molecule is CCOc1cc(/C=N\NC(=O)CSc2ccc(Cl)cc2)cc(I)c1OCC(=O)OC. The Kier molecular flexibility index (Phi) is 10.2. The molecule has 0 aliphatic carbocycles. The van der Waals surface area contributed by atoms with Crippen LogP contribution in [-0.4, -0.2) is 44.2 Å². The largest absolute Gasteiger partial charge is 0.490 e. The lowest BCUT2D eigenvalue weighted by Gasteiger charge is -2.14. The number of nitrogens with one attached hydrogen (secondary N) is 1. The fourth-order valence-electron chi connectivity index (χ4n) is 2.15. The van der Waals surface area contributed by atoms with Gasteiger partial charge in [-0.15, -0.1) is 11.8 Å². The molecule has 0 unspecified atom stereocenters. The Labute approximate surface area is 197 Å². The lowest BCUT2D eigenvalue weighted by atomic mass is 10.2. The number of benzene rings is 2. The van der Waals surface area contributed by atoms with Crippen molar-refractivity contribution in [2.24, 2.45) is 5.10 Å². The zero-order chi connectivity index (χ0) is 21.9. The van der Waals surface area contributed by atoms with Crippen LogP contribution in [0.2, 0.25) is 5.02 Å². The van der Waals surface area contributed by atoms with Gasteiger partial charge >= 0.3 is 5.97 Å². The van der Waals surface area contributed by atoms with Gasteiger partial charge < -0.3 is 14.2 Å². The summed E-state index contributed by atoms with van der Waals surface area (Å²) in [5.74, 6) is 0.422. The quantitative estimate of drug-likeness (QED) is 0.154. The number of ether oxygens (including phenoxy) is 3. The number of carbonyl (C=O) groups is 2. The van der Waals surface area contributed by atoms with Crippen LogP contribution in [0.25, 0.3) is 0 Å². The van der Waals surface area contributed by atoms with Crippen LogP contribution in [-0.2, 0) is 14.3 Å². The number of esters is 1. The minimum Gasteiger partial charge on any atom is -0.490 e. The highest BCUT2D eigenvalue weighted by Gasteiger charge is 2.14. The molecule has 0 spiro atoms. The van der Waals surface area contributed by atoms with Gasteiger partial charge in [-0.05, 0) is 71.5 Å². The third-order valence-electron chi connectivity index (χ3n) is 3.48. The Hall–Kier alpha value is -1.98. The molecule has 0 aromatic heterocycles. The molecule has 1 N–H and O–H groups in total. The van der Waals surface area contributed by atoms with Crippen molar-refractivity contribution >= 4 is 64.0 Å². The molecule has 0 saturated carbocycles. The summed E-state index contributed by atoms with van der Waals surface area (Å²) in [4.78, 5) is 24.3. The van der Waals surface area contributed by atoms with Crippen LogP contribution in [0.3, 0.4) is 0 Å². The van der Waals surface area contributed by atoms with Gasteiger partial charge in [0.2, 0.25) is 5.91 Å². The summed E-state index contributed by atoms with van der Waals surface area (Å²) in [5.41, 5.74) is 3.20. The Balaban J connectivity index is 1.97. The number of rotatable bonds is 10. The lowest BCUT2D eigenvalue weighted by Crippen LogP contribution is -2.19. The first-order valence-corrected chi connectivity index (χ1v) is 11.2. The molecule has 0 fully saturated rings. The molecule has 160 valence electrons. The molecule has 0 aliphatic heterocycles. The monoisotopic (exact) mass is 562 g/mol. The second kappa shape index (κ2) is 12.7. The summed E-state index contributed by atoms with van der Waals surface area (Å²) in [7, 11) is 1.29. The van der Waals surface area contributed by atoms with Gasteiger partial charge in [0, 0.05) is 9.92 Å². The summed E-state index contributed by atoms with van der Waals surface area (Å²) in [6.07, 6.45) is 1.51. The summed E-state index contributed by atoms with van der Waals surface area (Å²) in [5, 5.41) is 4.64. The molecule has 7 nitrogen and oxygen atoms in total. The van der Waals surface area contributed by atoms with E-state index >= 15 is 0 Å². The maximum Gasteiger partial charge on any atom is 0.343 e. The fraction of sp³-hybridized carbons (Fsp3) is 0.250.